The van der Waals surface area contributed by atoms with Crippen molar-refractivity contribution < 1.29 is 31.1 Å². The number of alkyl halides is 5. The molecule has 0 aromatic heterocycles. The Labute approximate surface area is 225 Å². The summed E-state index contributed by atoms with van der Waals surface area (Å²) in [6.45, 7) is 2.43. The molecule has 4 fully saturated rings. The number of hydrogen-bond donors (Lipinski definition) is 0. The molecule has 4 aliphatic rings. The maximum atomic E-state index is 14.9. The van der Waals surface area contributed by atoms with Crippen molar-refractivity contribution in [1.82, 2.24) is 0 Å². The van der Waals surface area contributed by atoms with Gasteiger partial charge in [-0.15, -0.1) is 0 Å². The van der Waals surface area contributed by atoms with Crippen molar-refractivity contribution >= 4 is 0 Å². The second-order valence-corrected chi connectivity index (χ2v) is 13.3. The molecule has 4 aliphatic carbocycles. The van der Waals surface area contributed by atoms with Gasteiger partial charge in [-0.05, 0) is 131 Å². The van der Waals surface area contributed by atoms with Gasteiger partial charge in [0.25, 0.3) is 0 Å². The number of hydrogen-bond acceptors (Lipinski definition) is 1. The van der Waals surface area contributed by atoms with Gasteiger partial charge >= 0.3 is 12.3 Å². The van der Waals surface area contributed by atoms with Crippen molar-refractivity contribution in [2.24, 2.45) is 47.3 Å². The van der Waals surface area contributed by atoms with Gasteiger partial charge in [-0.3, -0.25) is 0 Å². The van der Waals surface area contributed by atoms with Crippen LogP contribution in [0.1, 0.15) is 116 Å². The van der Waals surface area contributed by atoms with E-state index in [-0.39, 0.29) is 12.5 Å². The average molecular weight is 551 g/mol. The smallest absolute Gasteiger partial charge is 0.320 e. The van der Waals surface area contributed by atoms with Gasteiger partial charge in [-0.2, -0.15) is 22.0 Å². The molecule has 0 radical (unpaired) electrons. The summed E-state index contributed by atoms with van der Waals surface area (Å²) in [6.07, 6.45) is 8.68. The van der Waals surface area contributed by atoms with E-state index >= 15 is 0 Å². The van der Waals surface area contributed by atoms with E-state index in [9.17, 15) is 26.3 Å². The number of allylic oxidation sites excluding steroid dienone is 2. The largest absolute Gasteiger partial charge is 0.442 e. The van der Waals surface area contributed by atoms with Crippen molar-refractivity contribution in [2.75, 3.05) is 6.61 Å². The highest BCUT2D eigenvalue weighted by molar-refractivity contribution is 5.03. The third-order valence-corrected chi connectivity index (χ3v) is 10.8. The van der Waals surface area contributed by atoms with E-state index in [1.807, 2.05) is 0 Å². The molecule has 4 rings (SSSR count). The number of ether oxygens (including phenoxy) is 1. The first kappa shape index (κ1) is 30.2. The van der Waals surface area contributed by atoms with Crippen LogP contribution in [0.15, 0.2) is 11.9 Å². The minimum atomic E-state index is -4.88. The lowest BCUT2D eigenvalue weighted by molar-refractivity contribution is -0.279. The molecule has 0 saturated heterocycles. The van der Waals surface area contributed by atoms with E-state index in [1.165, 1.54) is 25.7 Å². The van der Waals surface area contributed by atoms with Crippen LogP contribution in [-0.4, -0.2) is 18.9 Å². The van der Waals surface area contributed by atoms with Crippen LogP contribution in [0.25, 0.3) is 0 Å². The molecule has 0 spiro atoms. The van der Waals surface area contributed by atoms with Crippen molar-refractivity contribution in [3.8, 4) is 0 Å². The van der Waals surface area contributed by atoms with Gasteiger partial charge in [-0.25, -0.2) is 4.39 Å². The van der Waals surface area contributed by atoms with Crippen LogP contribution >= 0.6 is 0 Å². The first-order chi connectivity index (χ1) is 18.0. The highest BCUT2D eigenvalue weighted by Gasteiger charge is 2.44. The zero-order valence-corrected chi connectivity index (χ0v) is 23.1. The van der Waals surface area contributed by atoms with Crippen molar-refractivity contribution in [3.05, 3.63) is 11.9 Å². The summed E-state index contributed by atoms with van der Waals surface area (Å²) in [5, 5.41) is 0. The van der Waals surface area contributed by atoms with Crippen molar-refractivity contribution in [1.29, 1.82) is 0 Å². The van der Waals surface area contributed by atoms with Gasteiger partial charge in [0.15, 0.2) is 5.83 Å². The van der Waals surface area contributed by atoms with Gasteiger partial charge in [-0.1, -0.05) is 32.6 Å². The topological polar surface area (TPSA) is 9.23 Å². The predicted molar refractivity (Wildman–Crippen MR) is 138 cm³/mol. The van der Waals surface area contributed by atoms with Crippen LogP contribution in [0.3, 0.4) is 0 Å². The molecular weight excluding hydrogens is 502 g/mol. The van der Waals surface area contributed by atoms with Crippen LogP contribution in [0.2, 0.25) is 0 Å². The molecular formula is C31H48F6O. The average Bonchev–Trinajstić information content (AvgIpc) is 2.89. The Hall–Kier alpha value is -0.720. The van der Waals surface area contributed by atoms with E-state index in [2.05, 4.69) is 6.92 Å². The van der Waals surface area contributed by atoms with Gasteiger partial charge in [0.05, 0.1) is 12.5 Å². The Morgan fingerprint density at radius 3 is 1.61 bits per heavy atom. The lowest BCUT2D eigenvalue weighted by atomic mass is 9.69. The van der Waals surface area contributed by atoms with Gasteiger partial charge in [0, 0.05) is 0 Å². The summed E-state index contributed by atoms with van der Waals surface area (Å²) in [5.74, 6) is 0.692. The molecule has 0 unspecified atom stereocenters. The zero-order chi connectivity index (χ0) is 27.3. The minimum Gasteiger partial charge on any atom is -0.320 e. The molecule has 38 heavy (non-hydrogen) atoms. The normalized spacial score (nSPS) is 38.2. The highest BCUT2D eigenvalue weighted by Crippen LogP contribution is 2.46. The third-order valence-electron chi connectivity index (χ3n) is 10.8. The first-order valence-electron chi connectivity index (χ1n) is 15.5. The van der Waals surface area contributed by atoms with E-state index in [0.29, 0.717) is 55.8 Å². The fourth-order valence-corrected chi connectivity index (χ4v) is 8.20. The van der Waals surface area contributed by atoms with E-state index in [0.717, 1.165) is 69.3 Å². The van der Waals surface area contributed by atoms with Gasteiger partial charge in [0.1, 0.15) is 0 Å². The number of rotatable bonds is 8. The van der Waals surface area contributed by atoms with Gasteiger partial charge in [0.2, 0.25) is 0 Å². The van der Waals surface area contributed by atoms with E-state index in [4.69, 9.17) is 4.74 Å². The molecule has 0 amide bonds. The Morgan fingerprint density at radius 2 is 1.11 bits per heavy atom. The molecule has 220 valence electrons. The Bertz CT molecular complexity index is 732. The first-order valence-corrected chi connectivity index (χ1v) is 15.5. The summed E-state index contributed by atoms with van der Waals surface area (Å²) in [4.78, 5) is 0. The second-order valence-electron chi connectivity index (χ2n) is 13.3. The molecule has 7 heteroatoms. The maximum Gasteiger partial charge on any atom is 0.442 e. The van der Waals surface area contributed by atoms with Crippen LogP contribution in [0, 0.1) is 47.3 Å². The molecule has 4 saturated carbocycles. The standard InChI is InChI=1S/C31H48F6O/c1-21-2-8-24(9-3-21)27-14-16-28(17-15-27)31(36,37)38-19-18-22-4-10-25(11-5-22)26-12-6-23(7-13-26)20-29(32)30(33,34)35/h20-28H,2-19H2,1H3. The summed E-state index contributed by atoms with van der Waals surface area (Å²) in [5.41, 5.74) is 0. The van der Waals surface area contributed by atoms with Crippen LogP contribution in [0.5, 0.6) is 0 Å². The van der Waals surface area contributed by atoms with E-state index < -0.39 is 24.0 Å². The summed E-state index contributed by atoms with van der Waals surface area (Å²) >= 11 is 0. The minimum absolute atomic E-state index is 0.116. The fourth-order valence-electron chi connectivity index (χ4n) is 8.20. The van der Waals surface area contributed by atoms with E-state index in [1.54, 1.807) is 0 Å². The predicted octanol–water partition coefficient (Wildman–Crippen LogP) is 10.6. The molecule has 0 aromatic rings. The maximum absolute atomic E-state index is 14.9. The molecule has 0 aromatic carbocycles. The highest BCUT2D eigenvalue weighted by atomic mass is 19.4. The quantitative estimate of drug-likeness (QED) is 0.273. The summed E-state index contributed by atoms with van der Waals surface area (Å²) in [7, 11) is 0. The Balaban J connectivity index is 1.10. The molecule has 0 N–H and O–H groups in total. The number of halogens is 6. The zero-order valence-electron chi connectivity index (χ0n) is 23.1. The third kappa shape index (κ3) is 8.39. The van der Waals surface area contributed by atoms with Crippen molar-refractivity contribution in [2.45, 2.75) is 128 Å². The van der Waals surface area contributed by atoms with Gasteiger partial charge < -0.3 is 4.74 Å². The molecule has 0 heterocycles. The molecule has 0 bridgehead atoms. The Morgan fingerprint density at radius 1 is 0.658 bits per heavy atom. The molecule has 1 nitrogen and oxygen atoms in total. The molecule has 0 atom stereocenters. The SMILES string of the molecule is CC1CCC(C2CCC(C(F)(F)OCCC3CCC(C4CCC(C=C(F)C(F)(F)F)CC4)CC3)CC2)CC1. The summed E-state index contributed by atoms with van der Waals surface area (Å²) in [6, 6.07) is 0. The van der Waals surface area contributed by atoms with Crippen molar-refractivity contribution in [3.63, 3.8) is 0 Å². The molecule has 0 aliphatic heterocycles. The summed E-state index contributed by atoms with van der Waals surface area (Å²) < 4.78 is 85.5. The van der Waals surface area contributed by atoms with Crippen LogP contribution in [0.4, 0.5) is 26.3 Å². The Kier molecular flexibility index (Phi) is 10.6. The monoisotopic (exact) mass is 550 g/mol. The van der Waals surface area contributed by atoms with Crippen LogP contribution in [-0.2, 0) is 4.74 Å². The lowest BCUT2D eigenvalue weighted by Gasteiger charge is -2.39. The second kappa shape index (κ2) is 13.3. The lowest BCUT2D eigenvalue weighted by Crippen LogP contribution is -2.36. The fraction of sp³-hybridized carbons (Fsp3) is 0.935. The van der Waals surface area contributed by atoms with Crippen LogP contribution < -0.4 is 0 Å².